The zero-order chi connectivity index (χ0) is 14.0. The van der Waals surface area contributed by atoms with Gasteiger partial charge in [0.25, 0.3) is 0 Å². The monoisotopic (exact) mass is 264 g/mol. The van der Waals surface area contributed by atoms with Crippen LogP contribution in [0.2, 0.25) is 0 Å². The summed E-state index contributed by atoms with van der Waals surface area (Å²) in [5.41, 5.74) is 1.82. The Hall–Kier alpha value is -1.13. The van der Waals surface area contributed by atoms with Crippen LogP contribution in [0.15, 0.2) is 23.3 Å². The summed E-state index contributed by atoms with van der Waals surface area (Å²) < 4.78 is 5.16. The first kappa shape index (κ1) is 12.9. The van der Waals surface area contributed by atoms with Crippen molar-refractivity contribution in [1.29, 1.82) is 0 Å². The van der Waals surface area contributed by atoms with Crippen LogP contribution in [-0.4, -0.2) is 28.1 Å². The molecule has 0 spiro atoms. The summed E-state index contributed by atoms with van der Waals surface area (Å²) in [6.45, 7) is 7.77. The normalized spacial score (nSPS) is 45.9. The topological polar surface area (TPSA) is 66.8 Å². The molecule has 0 radical (unpaired) electrons. The van der Waals surface area contributed by atoms with Crippen molar-refractivity contribution in [2.45, 2.75) is 51.4 Å². The van der Waals surface area contributed by atoms with Crippen LogP contribution in [0.1, 0.15) is 39.5 Å². The Balaban J connectivity index is 2.06. The maximum absolute atomic E-state index is 11.7. The van der Waals surface area contributed by atoms with Gasteiger partial charge in [0.1, 0.15) is 0 Å². The predicted molar refractivity (Wildman–Crippen MR) is 69.0 cm³/mol. The van der Waals surface area contributed by atoms with E-state index in [-0.39, 0.29) is 12.3 Å². The van der Waals surface area contributed by atoms with E-state index in [0.717, 1.165) is 12.0 Å². The van der Waals surface area contributed by atoms with Crippen molar-refractivity contribution in [3.05, 3.63) is 23.3 Å². The SMILES string of the molecule is C=C1CC[C@@H](O)[C@]2(C)C[C@]3(O)OC(=O)C(C)=C3C[C@@H]12. The van der Waals surface area contributed by atoms with Gasteiger partial charge in [-0.25, -0.2) is 4.79 Å². The summed E-state index contributed by atoms with van der Waals surface area (Å²) in [6.07, 6.45) is 1.78. The maximum atomic E-state index is 11.7. The van der Waals surface area contributed by atoms with Gasteiger partial charge in [0, 0.05) is 23.0 Å². The van der Waals surface area contributed by atoms with Gasteiger partial charge in [-0.1, -0.05) is 19.1 Å². The van der Waals surface area contributed by atoms with Crippen LogP contribution in [0.5, 0.6) is 0 Å². The van der Waals surface area contributed by atoms with Crippen molar-refractivity contribution < 1.29 is 19.7 Å². The second kappa shape index (κ2) is 3.70. The Morgan fingerprint density at radius 2 is 2.16 bits per heavy atom. The minimum atomic E-state index is -1.52. The third kappa shape index (κ3) is 1.56. The minimum absolute atomic E-state index is 0.107. The molecule has 4 heteroatoms. The van der Waals surface area contributed by atoms with Gasteiger partial charge < -0.3 is 14.9 Å². The zero-order valence-electron chi connectivity index (χ0n) is 11.4. The lowest BCUT2D eigenvalue weighted by Crippen LogP contribution is -2.54. The molecule has 4 nitrogen and oxygen atoms in total. The molecule has 0 aromatic rings. The van der Waals surface area contributed by atoms with Crippen molar-refractivity contribution >= 4 is 5.97 Å². The van der Waals surface area contributed by atoms with Crippen LogP contribution in [0.25, 0.3) is 0 Å². The molecule has 2 N–H and O–H groups in total. The summed E-state index contributed by atoms with van der Waals surface area (Å²) >= 11 is 0. The highest BCUT2D eigenvalue weighted by Crippen LogP contribution is 2.58. The number of esters is 1. The molecule has 1 aliphatic heterocycles. The first-order valence-corrected chi connectivity index (χ1v) is 6.79. The van der Waals surface area contributed by atoms with Crippen LogP contribution < -0.4 is 0 Å². The number of aliphatic hydroxyl groups is 2. The highest BCUT2D eigenvalue weighted by molar-refractivity contribution is 5.92. The van der Waals surface area contributed by atoms with Crippen LogP contribution in [-0.2, 0) is 9.53 Å². The summed E-state index contributed by atoms with van der Waals surface area (Å²) in [4.78, 5) is 11.7. The van der Waals surface area contributed by atoms with Gasteiger partial charge >= 0.3 is 5.97 Å². The smallest absolute Gasteiger partial charge is 0.336 e. The Morgan fingerprint density at radius 3 is 2.84 bits per heavy atom. The molecule has 0 unspecified atom stereocenters. The summed E-state index contributed by atoms with van der Waals surface area (Å²) in [6, 6.07) is 0. The summed E-state index contributed by atoms with van der Waals surface area (Å²) in [5.74, 6) is -1.86. The van der Waals surface area contributed by atoms with Crippen molar-refractivity contribution in [2.24, 2.45) is 11.3 Å². The molecular formula is C15H20O4. The molecule has 0 bridgehead atoms. The number of carbonyl (C=O) groups is 1. The van der Waals surface area contributed by atoms with Gasteiger partial charge in [0.05, 0.1) is 6.10 Å². The maximum Gasteiger partial charge on any atom is 0.336 e. The Bertz CT molecular complexity index is 506. The van der Waals surface area contributed by atoms with E-state index in [0.29, 0.717) is 24.0 Å². The molecule has 0 saturated heterocycles. The molecule has 1 heterocycles. The Labute approximate surface area is 112 Å². The first-order chi connectivity index (χ1) is 8.78. The largest absolute Gasteiger partial charge is 0.426 e. The molecule has 3 aliphatic rings. The fourth-order valence-corrected chi connectivity index (χ4v) is 4.03. The van der Waals surface area contributed by atoms with E-state index in [2.05, 4.69) is 6.58 Å². The second-order valence-electron chi connectivity index (χ2n) is 6.43. The number of carbonyl (C=O) groups excluding carboxylic acids is 1. The quantitative estimate of drug-likeness (QED) is 0.516. The van der Waals surface area contributed by atoms with Crippen LogP contribution in [0.3, 0.4) is 0 Å². The van der Waals surface area contributed by atoms with Crippen LogP contribution in [0.4, 0.5) is 0 Å². The molecule has 2 aliphatic carbocycles. The lowest BCUT2D eigenvalue weighted by Gasteiger charge is -2.53. The molecule has 3 rings (SSSR count). The minimum Gasteiger partial charge on any atom is -0.426 e. The van der Waals surface area contributed by atoms with Gasteiger partial charge in [-0.3, -0.25) is 0 Å². The van der Waals surface area contributed by atoms with Crippen molar-refractivity contribution in [2.75, 3.05) is 0 Å². The molecular weight excluding hydrogens is 244 g/mol. The molecule has 2 fully saturated rings. The van der Waals surface area contributed by atoms with E-state index in [1.807, 2.05) is 6.92 Å². The van der Waals surface area contributed by atoms with E-state index in [1.165, 1.54) is 0 Å². The number of hydrogen-bond donors (Lipinski definition) is 2. The molecule has 0 amide bonds. The third-order valence-electron chi connectivity index (χ3n) is 5.31. The summed E-state index contributed by atoms with van der Waals surface area (Å²) in [5, 5.41) is 21.0. The fourth-order valence-electron chi connectivity index (χ4n) is 4.03. The highest BCUT2D eigenvalue weighted by atomic mass is 16.7. The Morgan fingerprint density at radius 1 is 1.47 bits per heavy atom. The molecule has 2 saturated carbocycles. The molecule has 104 valence electrons. The average Bonchev–Trinajstić information content (AvgIpc) is 2.53. The van der Waals surface area contributed by atoms with Crippen LogP contribution >= 0.6 is 0 Å². The van der Waals surface area contributed by atoms with E-state index >= 15 is 0 Å². The molecule has 0 aromatic heterocycles. The van der Waals surface area contributed by atoms with Gasteiger partial charge in [-0.05, 0) is 32.1 Å². The predicted octanol–water partition coefficient (Wildman–Crippen LogP) is 1.68. The summed E-state index contributed by atoms with van der Waals surface area (Å²) in [7, 11) is 0. The zero-order valence-corrected chi connectivity index (χ0v) is 11.4. The molecule has 4 atom stereocenters. The van der Waals surface area contributed by atoms with Gasteiger partial charge in [0.15, 0.2) is 0 Å². The molecule has 19 heavy (non-hydrogen) atoms. The number of hydrogen-bond acceptors (Lipinski definition) is 4. The second-order valence-corrected chi connectivity index (χ2v) is 6.43. The van der Waals surface area contributed by atoms with E-state index in [4.69, 9.17) is 4.74 Å². The van der Waals surface area contributed by atoms with Crippen LogP contribution in [0, 0.1) is 11.3 Å². The van der Waals surface area contributed by atoms with Crippen molar-refractivity contribution in [3.8, 4) is 0 Å². The number of aliphatic hydroxyl groups excluding tert-OH is 1. The molecule has 0 aromatic carbocycles. The highest BCUT2D eigenvalue weighted by Gasteiger charge is 2.59. The first-order valence-electron chi connectivity index (χ1n) is 6.79. The number of ether oxygens (including phenoxy) is 1. The number of allylic oxidation sites excluding steroid dienone is 1. The standard InChI is InChI=1S/C15H20O4/c1-8-4-5-12(16)14(3)7-15(18)11(6-10(8)14)9(2)13(17)19-15/h10,12,16,18H,1,4-7H2,2-3H3/t10-,12+,14+,15-/m0/s1. The van der Waals surface area contributed by atoms with E-state index < -0.39 is 23.3 Å². The van der Waals surface area contributed by atoms with Crippen molar-refractivity contribution in [3.63, 3.8) is 0 Å². The lowest BCUT2D eigenvalue weighted by atomic mass is 9.55. The van der Waals surface area contributed by atoms with E-state index in [9.17, 15) is 15.0 Å². The Kier molecular flexibility index (Phi) is 2.51. The van der Waals surface area contributed by atoms with E-state index in [1.54, 1.807) is 6.92 Å². The van der Waals surface area contributed by atoms with Crippen molar-refractivity contribution in [1.82, 2.24) is 0 Å². The number of fused-ring (bicyclic) bond motifs is 2. The third-order valence-corrected chi connectivity index (χ3v) is 5.31. The number of rotatable bonds is 0. The average molecular weight is 264 g/mol. The van der Waals surface area contributed by atoms with Gasteiger partial charge in [0.2, 0.25) is 5.79 Å². The van der Waals surface area contributed by atoms with Gasteiger partial charge in [-0.2, -0.15) is 0 Å². The van der Waals surface area contributed by atoms with Gasteiger partial charge in [-0.15, -0.1) is 0 Å². The lowest BCUT2D eigenvalue weighted by molar-refractivity contribution is -0.213. The fraction of sp³-hybridized carbons (Fsp3) is 0.667.